The third-order valence-corrected chi connectivity index (χ3v) is 5.65. The van der Waals surface area contributed by atoms with Gasteiger partial charge in [-0.1, -0.05) is 29.8 Å². The number of hydrogen-bond acceptors (Lipinski definition) is 4. The Hall–Kier alpha value is -3.03. The normalized spacial score (nSPS) is 18.5. The Balaban J connectivity index is 1.32. The van der Waals surface area contributed by atoms with Crippen molar-refractivity contribution in [1.29, 1.82) is 0 Å². The van der Waals surface area contributed by atoms with Crippen molar-refractivity contribution in [2.75, 3.05) is 13.1 Å². The number of carbonyl (C=O) groups is 1. The Labute approximate surface area is 173 Å². The number of aromatic amines is 1. The molecule has 1 aromatic carbocycles. The molecule has 1 aliphatic heterocycles. The lowest BCUT2D eigenvalue weighted by Gasteiger charge is -2.37. The number of aryl methyl sites for hydroxylation is 2. The average molecular weight is 414 g/mol. The lowest BCUT2D eigenvalue weighted by atomic mass is 9.88. The fourth-order valence-electron chi connectivity index (χ4n) is 3.85. The zero-order chi connectivity index (χ0) is 21.1. The number of benzene rings is 1. The summed E-state index contributed by atoms with van der Waals surface area (Å²) >= 11 is 0. The van der Waals surface area contributed by atoms with Gasteiger partial charge >= 0.3 is 6.09 Å². The summed E-state index contributed by atoms with van der Waals surface area (Å²) in [6.07, 6.45) is 3.48. The van der Waals surface area contributed by atoms with Crippen molar-refractivity contribution in [3.8, 4) is 0 Å². The summed E-state index contributed by atoms with van der Waals surface area (Å²) in [6.45, 7) is 1.68. The number of halogens is 2. The molecule has 0 unspecified atom stereocenters. The van der Waals surface area contributed by atoms with E-state index in [2.05, 4.69) is 15.0 Å². The van der Waals surface area contributed by atoms with Crippen molar-refractivity contribution in [1.82, 2.24) is 19.9 Å². The topological polar surface area (TPSA) is 71.1 Å². The van der Waals surface area contributed by atoms with Crippen LogP contribution in [-0.4, -0.2) is 45.0 Å². The molecular weight excluding hydrogens is 390 g/mol. The van der Waals surface area contributed by atoms with E-state index >= 15 is 0 Å². The largest absolute Gasteiger partial charge is 0.445 e. The van der Waals surface area contributed by atoms with E-state index in [1.807, 2.05) is 37.3 Å². The number of H-pyrrole nitrogens is 1. The molecule has 0 aliphatic carbocycles. The van der Waals surface area contributed by atoms with Gasteiger partial charge in [-0.15, -0.1) is 0 Å². The zero-order valence-corrected chi connectivity index (χ0v) is 16.8. The molecule has 4 rings (SSSR count). The first-order valence-corrected chi connectivity index (χ1v) is 10.0. The highest BCUT2D eigenvalue weighted by Gasteiger charge is 2.45. The summed E-state index contributed by atoms with van der Waals surface area (Å²) in [7, 11) is 0. The Kier molecular flexibility index (Phi) is 5.65. The maximum Gasteiger partial charge on any atom is 0.410 e. The van der Waals surface area contributed by atoms with Crippen LogP contribution in [0.2, 0.25) is 0 Å². The van der Waals surface area contributed by atoms with E-state index in [-0.39, 0.29) is 19.6 Å². The summed E-state index contributed by atoms with van der Waals surface area (Å²) in [5.74, 6) is -3.77. The van der Waals surface area contributed by atoms with E-state index < -0.39 is 24.5 Å². The SMILES string of the molecule is Cc1ccc(COC(=O)N2CC[C@H](CCc3ncnc4[nH]ccc34)C(F)(F)C2)cc1. The first-order chi connectivity index (χ1) is 14.4. The number of nitrogens with zero attached hydrogens (tertiary/aromatic N) is 3. The lowest BCUT2D eigenvalue weighted by Crippen LogP contribution is -2.50. The van der Waals surface area contributed by atoms with Gasteiger partial charge in [0.1, 0.15) is 18.6 Å². The molecule has 1 N–H and O–H groups in total. The van der Waals surface area contributed by atoms with Crippen LogP contribution in [0.5, 0.6) is 0 Å². The van der Waals surface area contributed by atoms with Gasteiger partial charge in [-0.2, -0.15) is 0 Å². The van der Waals surface area contributed by atoms with Gasteiger partial charge < -0.3 is 14.6 Å². The minimum absolute atomic E-state index is 0.0744. The summed E-state index contributed by atoms with van der Waals surface area (Å²) in [5, 5.41) is 0.859. The average Bonchev–Trinajstić information content (AvgIpc) is 3.21. The molecular formula is C22H24F2N4O2. The van der Waals surface area contributed by atoms with Crippen molar-refractivity contribution in [3.05, 3.63) is 59.7 Å². The molecule has 1 aliphatic rings. The molecule has 2 aromatic heterocycles. The molecule has 158 valence electrons. The lowest BCUT2D eigenvalue weighted by molar-refractivity contribution is -0.108. The molecule has 30 heavy (non-hydrogen) atoms. The van der Waals surface area contributed by atoms with Gasteiger partial charge in [0.25, 0.3) is 5.92 Å². The van der Waals surface area contributed by atoms with Crippen molar-refractivity contribution < 1.29 is 18.3 Å². The number of ether oxygens (including phenoxy) is 1. The predicted molar refractivity (Wildman–Crippen MR) is 108 cm³/mol. The van der Waals surface area contributed by atoms with Crippen LogP contribution in [0.4, 0.5) is 13.6 Å². The molecule has 1 fully saturated rings. The summed E-state index contributed by atoms with van der Waals surface area (Å²) in [4.78, 5) is 24.8. The van der Waals surface area contributed by atoms with E-state index in [1.54, 1.807) is 6.20 Å². The Morgan fingerprint density at radius 1 is 1.27 bits per heavy atom. The number of carbonyl (C=O) groups excluding carboxylic acids is 1. The fourth-order valence-corrected chi connectivity index (χ4v) is 3.85. The first kappa shape index (κ1) is 20.3. The van der Waals surface area contributed by atoms with Gasteiger partial charge in [-0.25, -0.2) is 23.5 Å². The van der Waals surface area contributed by atoms with E-state index in [9.17, 15) is 13.6 Å². The second-order valence-corrected chi connectivity index (χ2v) is 7.81. The van der Waals surface area contributed by atoms with Gasteiger partial charge in [-0.3, -0.25) is 0 Å². The van der Waals surface area contributed by atoms with Gasteiger partial charge in [0.05, 0.1) is 12.2 Å². The molecule has 0 bridgehead atoms. The number of likely N-dealkylation sites (tertiary alicyclic amines) is 1. The number of piperidine rings is 1. The molecule has 1 amide bonds. The van der Waals surface area contributed by atoms with E-state index in [0.717, 1.165) is 27.1 Å². The van der Waals surface area contributed by atoms with Crippen LogP contribution in [-0.2, 0) is 17.8 Å². The van der Waals surface area contributed by atoms with Crippen LogP contribution >= 0.6 is 0 Å². The highest BCUT2D eigenvalue weighted by atomic mass is 19.3. The molecule has 0 saturated carbocycles. The summed E-state index contributed by atoms with van der Waals surface area (Å²) in [6, 6.07) is 9.41. The van der Waals surface area contributed by atoms with E-state index in [4.69, 9.17) is 4.74 Å². The highest BCUT2D eigenvalue weighted by molar-refractivity contribution is 5.77. The van der Waals surface area contributed by atoms with Gasteiger partial charge in [0.15, 0.2) is 0 Å². The second-order valence-electron chi connectivity index (χ2n) is 7.81. The first-order valence-electron chi connectivity index (χ1n) is 10.0. The number of fused-ring (bicyclic) bond motifs is 1. The van der Waals surface area contributed by atoms with Gasteiger partial charge in [0.2, 0.25) is 0 Å². The summed E-state index contributed by atoms with van der Waals surface area (Å²) < 4.78 is 34.7. The summed E-state index contributed by atoms with van der Waals surface area (Å²) in [5.41, 5.74) is 3.40. The maximum atomic E-state index is 14.8. The molecule has 1 atom stereocenters. The van der Waals surface area contributed by atoms with Crippen molar-refractivity contribution >= 4 is 17.1 Å². The van der Waals surface area contributed by atoms with Crippen molar-refractivity contribution in [2.24, 2.45) is 5.92 Å². The van der Waals surface area contributed by atoms with Crippen LogP contribution in [0.3, 0.4) is 0 Å². The van der Waals surface area contributed by atoms with Crippen LogP contribution < -0.4 is 0 Å². The third-order valence-electron chi connectivity index (χ3n) is 5.65. The Morgan fingerprint density at radius 3 is 2.83 bits per heavy atom. The Morgan fingerprint density at radius 2 is 2.07 bits per heavy atom. The van der Waals surface area contributed by atoms with E-state index in [0.29, 0.717) is 18.5 Å². The predicted octanol–water partition coefficient (Wildman–Crippen LogP) is 4.49. The number of nitrogens with one attached hydrogen (secondary N) is 1. The van der Waals surface area contributed by atoms with Crippen LogP contribution in [0.15, 0.2) is 42.9 Å². The van der Waals surface area contributed by atoms with Crippen LogP contribution in [0.1, 0.15) is 29.7 Å². The van der Waals surface area contributed by atoms with Gasteiger partial charge in [0, 0.05) is 24.0 Å². The molecule has 3 heterocycles. The number of aromatic nitrogens is 3. The minimum Gasteiger partial charge on any atom is -0.445 e. The zero-order valence-electron chi connectivity index (χ0n) is 16.8. The molecule has 1 saturated heterocycles. The molecule has 0 spiro atoms. The molecule has 3 aromatic rings. The third kappa shape index (κ3) is 4.42. The van der Waals surface area contributed by atoms with Crippen molar-refractivity contribution in [3.63, 3.8) is 0 Å². The number of hydrogen-bond donors (Lipinski definition) is 1. The minimum atomic E-state index is -2.97. The number of amides is 1. The smallest absolute Gasteiger partial charge is 0.410 e. The fraction of sp³-hybridized carbons (Fsp3) is 0.409. The van der Waals surface area contributed by atoms with Gasteiger partial charge in [-0.05, 0) is 37.8 Å². The van der Waals surface area contributed by atoms with E-state index in [1.165, 1.54) is 6.33 Å². The van der Waals surface area contributed by atoms with Crippen LogP contribution in [0.25, 0.3) is 11.0 Å². The second kappa shape index (κ2) is 8.38. The maximum absolute atomic E-state index is 14.8. The Bertz CT molecular complexity index is 1020. The van der Waals surface area contributed by atoms with Crippen LogP contribution in [0, 0.1) is 12.8 Å². The van der Waals surface area contributed by atoms with Crippen molar-refractivity contribution in [2.45, 2.75) is 38.7 Å². The molecule has 6 nitrogen and oxygen atoms in total. The number of rotatable bonds is 5. The quantitative estimate of drug-likeness (QED) is 0.668. The molecule has 8 heteroatoms. The monoisotopic (exact) mass is 414 g/mol. The number of alkyl halides is 2. The standard InChI is InChI=1S/C22H24F2N4O2/c1-15-2-4-16(5-3-15)12-30-21(29)28-11-9-17(22(23,24)13-28)6-7-19-18-8-10-25-20(18)27-14-26-19/h2-5,8,10,14,17H,6-7,9,11-13H2,1H3,(H,25,26,27)/t17-/m0/s1. The highest BCUT2D eigenvalue weighted by Crippen LogP contribution is 2.36. The molecule has 0 radical (unpaired) electrons.